The molecular formula is C23H25N3O. The van der Waals surface area contributed by atoms with Crippen molar-refractivity contribution in [2.75, 3.05) is 13.1 Å². The number of rotatable bonds is 6. The number of hydrogen-bond acceptors (Lipinski definition) is 4. The molecule has 1 aliphatic heterocycles. The van der Waals surface area contributed by atoms with Gasteiger partial charge in [0.25, 0.3) is 0 Å². The Morgan fingerprint density at radius 3 is 2.22 bits per heavy atom. The van der Waals surface area contributed by atoms with Crippen LogP contribution in [0.4, 0.5) is 0 Å². The predicted octanol–water partition coefficient (Wildman–Crippen LogP) is 4.32. The summed E-state index contributed by atoms with van der Waals surface area (Å²) in [7, 11) is 0. The highest BCUT2D eigenvalue weighted by molar-refractivity contribution is 5.62. The third-order valence-electron chi connectivity index (χ3n) is 5.10. The topological polar surface area (TPSA) is 38.2 Å². The molecular weight excluding hydrogens is 334 g/mol. The minimum Gasteiger partial charge on any atom is -0.373 e. The van der Waals surface area contributed by atoms with Crippen molar-refractivity contribution in [2.45, 2.75) is 32.1 Å². The molecule has 4 nitrogen and oxygen atoms in total. The Labute approximate surface area is 160 Å². The van der Waals surface area contributed by atoms with E-state index in [1.165, 1.54) is 11.1 Å². The molecule has 1 aliphatic rings. The monoisotopic (exact) mass is 359 g/mol. The van der Waals surface area contributed by atoms with Crippen LogP contribution in [-0.4, -0.2) is 34.1 Å². The Balaban J connectivity index is 1.24. The van der Waals surface area contributed by atoms with Crippen LogP contribution in [0.1, 0.15) is 24.0 Å². The van der Waals surface area contributed by atoms with Gasteiger partial charge in [0.2, 0.25) is 0 Å². The molecule has 27 heavy (non-hydrogen) atoms. The van der Waals surface area contributed by atoms with Gasteiger partial charge < -0.3 is 4.74 Å². The number of benzene rings is 1. The number of pyridine rings is 2. The lowest BCUT2D eigenvalue weighted by Gasteiger charge is -2.32. The number of piperidine rings is 1. The molecule has 0 amide bonds. The molecule has 0 bridgehead atoms. The summed E-state index contributed by atoms with van der Waals surface area (Å²) in [4.78, 5) is 10.9. The van der Waals surface area contributed by atoms with Crippen LogP contribution in [0.25, 0.3) is 11.1 Å². The van der Waals surface area contributed by atoms with E-state index in [-0.39, 0.29) is 0 Å². The highest BCUT2D eigenvalue weighted by Crippen LogP contribution is 2.21. The summed E-state index contributed by atoms with van der Waals surface area (Å²) < 4.78 is 6.06. The molecule has 138 valence electrons. The molecule has 0 spiro atoms. The summed E-state index contributed by atoms with van der Waals surface area (Å²) in [5.41, 5.74) is 4.89. The van der Waals surface area contributed by atoms with Gasteiger partial charge in [-0.1, -0.05) is 36.4 Å². The molecule has 2 aromatic heterocycles. The summed E-state index contributed by atoms with van der Waals surface area (Å²) in [5.74, 6) is 0. The number of hydrogen-bond donors (Lipinski definition) is 0. The van der Waals surface area contributed by atoms with Crippen LogP contribution >= 0.6 is 0 Å². The van der Waals surface area contributed by atoms with E-state index in [0.29, 0.717) is 12.7 Å². The first-order chi connectivity index (χ1) is 13.4. The summed E-state index contributed by atoms with van der Waals surface area (Å²) in [5, 5.41) is 0. The van der Waals surface area contributed by atoms with Gasteiger partial charge in [-0.2, -0.15) is 0 Å². The summed E-state index contributed by atoms with van der Waals surface area (Å²) in [6.07, 6.45) is 9.93. The lowest BCUT2D eigenvalue weighted by atomic mass is 10.0. The summed E-state index contributed by atoms with van der Waals surface area (Å²) in [6.45, 7) is 3.83. The number of likely N-dealkylation sites (tertiary alicyclic amines) is 1. The molecule has 0 unspecified atom stereocenters. The largest absolute Gasteiger partial charge is 0.373 e. The molecule has 0 N–H and O–H groups in total. The second-order valence-corrected chi connectivity index (χ2v) is 7.09. The molecule has 1 fully saturated rings. The van der Waals surface area contributed by atoms with Crippen molar-refractivity contribution >= 4 is 0 Å². The molecule has 0 saturated carbocycles. The highest BCUT2D eigenvalue weighted by Gasteiger charge is 2.19. The van der Waals surface area contributed by atoms with E-state index in [2.05, 4.69) is 51.3 Å². The maximum absolute atomic E-state index is 6.06. The maximum atomic E-state index is 6.06. The lowest BCUT2D eigenvalue weighted by molar-refractivity contribution is -0.00403. The van der Waals surface area contributed by atoms with Crippen molar-refractivity contribution in [1.82, 2.24) is 14.9 Å². The fraction of sp³-hybridized carbons (Fsp3) is 0.304. The van der Waals surface area contributed by atoms with Crippen LogP contribution in [0.2, 0.25) is 0 Å². The van der Waals surface area contributed by atoms with Crippen molar-refractivity contribution in [3.63, 3.8) is 0 Å². The second kappa shape index (κ2) is 8.89. The number of aromatic nitrogens is 2. The Kier molecular flexibility index (Phi) is 5.87. The normalized spacial score (nSPS) is 15.7. The van der Waals surface area contributed by atoms with Crippen LogP contribution in [0.5, 0.6) is 0 Å². The zero-order valence-corrected chi connectivity index (χ0v) is 15.5. The molecule has 4 heteroatoms. The van der Waals surface area contributed by atoms with Gasteiger partial charge in [0.1, 0.15) is 0 Å². The third-order valence-corrected chi connectivity index (χ3v) is 5.10. The molecule has 0 radical (unpaired) electrons. The Morgan fingerprint density at radius 2 is 1.56 bits per heavy atom. The first kappa shape index (κ1) is 17.8. The Hall–Kier alpha value is -2.56. The van der Waals surface area contributed by atoms with Crippen LogP contribution in [0.3, 0.4) is 0 Å². The minimum absolute atomic E-state index is 0.356. The van der Waals surface area contributed by atoms with Crippen molar-refractivity contribution in [1.29, 1.82) is 0 Å². The number of nitrogens with zero attached hydrogens (tertiary/aromatic N) is 3. The van der Waals surface area contributed by atoms with Crippen LogP contribution in [0.15, 0.2) is 73.3 Å². The van der Waals surface area contributed by atoms with E-state index in [1.807, 2.05) is 30.7 Å². The van der Waals surface area contributed by atoms with Crippen LogP contribution in [0, 0.1) is 0 Å². The maximum Gasteiger partial charge on any atom is 0.0735 e. The standard InChI is InChI=1S/C23H25N3O/c1-3-20(15-24-11-1)18-27-23-9-13-26(14-10-23)17-19-5-7-21(8-6-19)22-4-2-12-25-16-22/h1-8,11-12,15-16,23H,9-10,13-14,17-18H2. The molecule has 3 aromatic rings. The van der Waals surface area contributed by atoms with Crippen molar-refractivity contribution in [3.8, 4) is 11.1 Å². The molecule has 3 heterocycles. The van der Waals surface area contributed by atoms with Gasteiger partial charge in [0, 0.05) is 44.4 Å². The van der Waals surface area contributed by atoms with Crippen LogP contribution in [-0.2, 0) is 17.9 Å². The van der Waals surface area contributed by atoms with Crippen molar-refractivity contribution < 1.29 is 4.74 Å². The first-order valence-corrected chi connectivity index (χ1v) is 9.59. The zero-order valence-electron chi connectivity index (χ0n) is 15.5. The van der Waals surface area contributed by atoms with Gasteiger partial charge >= 0.3 is 0 Å². The second-order valence-electron chi connectivity index (χ2n) is 7.09. The third kappa shape index (κ3) is 5.00. The quantitative estimate of drug-likeness (QED) is 0.657. The predicted molar refractivity (Wildman–Crippen MR) is 107 cm³/mol. The highest BCUT2D eigenvalue weighted by atomic mass is 16.5. The molecule has 4 rings (SSSR count). The van der Waals surface area contributed by atoms with E-state index in [1.54, 1.807) is 6.20 Å². The molecule has 1 saturated heterocycles. The van der Waals surface area contributed by atoms with E-state index in [4.69, 9.17) is 4.74 Å². The van der Waals surface area contributed by atoms with E-state index < -0.39 is 0 Å². The van der Waals surface area contributed by atoms with Gasteiger partial charge in [0.05, 0.1) is 12.7 Å². The Bertz CT molecular complexity index is 813. The molecule has 1 aromatic carbocycles. The fourth-order valence-corrected chi connectivity index (χ4v) is 3.53. The van der Waals surface area contributed by atoms with Crippen molar-refractivity contribution in [2.24, 2.45) is 0 Å². The van der Waals surface area contributed by atoms with E-state index in [9.17, 15) is 0 Å². The van der Waals surface area contributed by atoms with Gasteiger partial charge in [0.15, 0.2) is 0 Å². The number of ether oxygens (including phenoxy) is 1. The first-order valence-electron chi connectivity index (χ1n) is 9.59. The zero-order chi connectivity index (χ0) is 18.3. The molecule has 0 aliphatic carbocycles. The van der Waals surface area contributed by atoms with Gasteiger partial charge in [-0.25, -0.2) is 0 Å². The van der Waals surface area contributed by atoms with E-state index >= 15 is 0 Å². The average molecular weight is 359 g/mol. The Morgan fingerprint density at radius 1 is 0.815 bits per heavy atom. The minimum atomic E-state index is 0.356. The lowest BCUT2D eigenvalue weighted by Crippen LogP contribution is -2.36. The SMILES string of the molecule is c1cncc(COC2CCN(Cc3ccc(-c4cccnc4)cc3)CC2)c1. The summed E-state index contributed by atoms with van der Waals surface area (Å²) in [6, 6.07) is 16.9. The van der Waals surface area contributed by atoms with Crippen LogP contribution < -0.4 is 0 Å². The fourth-order valence-electron chi connectivity index (χ4n) is 3.53. The molecule has 0 atom stereocenters. The average Bonchev–Trinajstić information content (AvgIpc) is 2.75. The summed E-state index contributed by atoms with van der Waals surface area (Å²) >= 11 is 0. The van der Waals surface area contributed by atoms with Gasteiger partial charge in [-0.3, -0.25) is 14.9 Å². The van der Waals surface area contributed by atoms with E-state index in [0.717, 1.165) is 43.6 Å². The van der Waals surface area contributed by atoms with Gasteiger partial charge in [-0.15, -0.1) is 0 Å². The van der Waals surface area contributed by atoms with Crippen molar-refractivity contribution in [3.05, 3.63) is 84.4 Å². The smallest absolute Gasteiger partial charge is 0.0735 e. The van der Waals surface area contributed by atoms with Gasteiger partial charge in [-0.05, 0) is 47.2 Å².